The quantitative estimate of drug-likeness (QED) is 0.600. The number of nitrogens with one attached hydrogen (secondary N) is 2. The van der Waals surface area contributed by atoms with Gasteiger partial charge >= 0.3 is 0 Å². The molecule has 1 aromatic heterocycles. The Morgan fingerprint density at radius 1 is 0.889 bits per heavy atom. The lowest BCUT2D eigenvalue weighted by Crippen LogP contribution is -2.18. The van der Waals surface area contributed by atoms with Gasteiger partial charge in [0, 0.05) is 34.9 Å². The van der Waals surface area contributed by atoms with Gasteiger partial charge in [0.2, 0.25) is 0 Å². The monoisotopic (exact) mass is 397 g/mol. The highest BCUT2D eigenvalue weighted by molar-refractivity contribution is 7.80. The van der Waals surface area contributed by atoms with Crippen LogP contribution in [0.2, 0.25) is 5.02 Å². The van der Waals surface area contributed by atoms with Crippen molar-refractivity contribution in [2.24, 2.45) is 0 Å². The minimum atomic E-state index is 0.529. The van der Waals surface area contributed by atoms with Gasteiger partial charge in [0.1, 0.15) is 5.82 Å². The molecule has 3 aromatic rings. The second kappa shape index (κ2) is 8.06. The number of rotatable bonds is 3. The molecule has 0 unspecified atom stereocenters. The number of halogens is 1. The van der Waals surface area contributed by atoms with Crippen molar-refractivity contribution in [3.8, 4) is 11.4 Å². The fraction of sp³-hybridized carbons (Fsp3) is 0.250. The zero-order valence-corrected chi connectivity index (χ0v) is 16.4. The second-order valence-electron chi connectivity index (χ2n) is 6.57. The molecule has 0 aliphatic carbocycles. The van der Waals surface area contributed by atoms with E-state index in [2.05, 4.69) is 37.5 Å². The highest BCUT2D eigenvalue weighted by Gasteiger charge is 2.15. The Balaban J connectivity index is 1.44. The lowest BCUT2D eigenvalue weighted by Gasteiger charge is -2.11. The molecule has 0 saturated carbocycles. The summed E-state index contributed by atoms with van der Waals surface area (Å²) in [6.07, 6.45) is 4.64. The zero-order valence-electron chi connectivity index (χ0n) is 14.8. The Hall–Kier alpha value is -2.44. The van der Waals surface area contributed by atoms with Crippen LogP contribution in [0, 0.1) is 0 Å². The molecule has 5 nitrogen and oxygen atoms in total. The number of aromatic nitrogens is 3. The van der Waals surface area contributed by atoms with Crippen molar-refractivity contribution in [2.45, 2.75) is 32.2 Å². The molecular weight excluding hydrogens is 378 g/mol. The second-order valence-corrected chi connectivity index (χ2v) is 7.41. The third kappa shape index (κ3) is 4.28. The summed E-state index contributed by atoms with van der Waals surface area (Å²) in [7, 11) is 0. The molecule has 0 amide bonds. The van der Waals surface area contributed by atoms with Crippen LogP contribution in [0.4, 0.5) is 11.4 Å². The van der Waals surface area contributed by atoms with Gasteiger partial charge in [-0.25, -0.2) is 0 Å². The van der Waals surface area contributed by atoms with Crippen molar-refractivity contribution in [3.05, 3.63) is 59.4 Å². The van der Waals surface area contributed by atoms with Crippen molar-refractivity contribution in [1.82, 2.24) is 14.8 Å². The molecule has 1 aliphatic heterocycles. The lowest BCUT2D eigenvalue weighted by atomic mass is 10.2. The molecule has 4 rings (SSSR count). The van der Waals surface area contributed by atoms with E-state index in [1.54, 1.807) is 0 Å². The van der Waals surface area contributed by atoms with Crippen LogP contribution in [0.5, 0.6) is 0 Å². The highest BCUT2D eigenvalue weighted by Crippen LogP contribution is 2.24. The van der Waals surface area contributed by atoms with Crippen LogP contribution in [-0.2, 0) is 13.0 Å². The molecule has 7 heteroatoms. The largest absolute Gasteiger partial charge is 0.332 e. The van der Waals surface area contributed by atoms with Crippen LogP contribution in [0.3, 0.4) is 0 Å². The molecule has 2 N–H and O–H groups in total. The topological polar surface area (TPSA) is 54.8 Å². The molecule has 0 radical (unpaired) electrons. The average Bonchev–Trinajstić information content (AvgIpc) is 2.92. The van der Waals surface area contributed by atoms with E-state index in [4.69, 9.17) is 23.8 Å². The lowest BCUT2D eigenvalue weighted by molar-refractivity contribution is 0.636. The third-order valence-electron chi connectivity index (χ3n) is 4.61. The van der Waals surface area contributed by atoms with Gasteiger partial charge in [-0.1, -0.05) is 18.0 Å². The molecule has 1 aliphatic rings. The molecule has 2 aromatic carbocycles. The van der Waals surface area contributed by atoms with Gasteiger partial charge in [-0.15, -0.1) is 10.2 Å². The van der Waals surface area contributed by atoms with Gasteiger partial charge < -0.3 is 15.2 Å². The normalized spacial score (nSPS) is 13.5. The smallest absolute Gasteiger partial charge is 0.175 e. The molecule has 138 valence electrons. The summed E-state index contributed by atoms with van der Waals surface area (Å²) >= 11 is 11.3. The van der Waals surface area contributed by atoms with Gasteiger partial charge in [0.05, 0.1) is 0 Å². The first-order valence-electron chi connectivity index (χ1n) is 9.05. The summed E-state index contributed by atoms with van der Waals surface area (Å²) in [4.78, 5) is 0. The maximum absolute atomic E-state index is 5.90. The zero-order chi connectivity index (χ0) is 18.6. The van der Waals surface area contributed by atoms with Crippen LogP contribution in [0.1, 0.15) is 25.1 Å². The van der Waals surface area contributed by atoms with Crippen LogP contribution in [0.25, 0.3) is 11.4 Å². The van der Waals surface area contributed by atoms with Gasteiger partial charge in [0.15, 0.2) is 10.9 Å². The van der Waals surface area contributed by atoms with Crippen molar-refractivity contribution < 1.29 is 0 Å². The van der Waals surface area contributed by atoms with Crippen molar-refractivity contribution >= 4 is 40.3 Å². The predicted molar refractivity (Wildman–Crippen MR) is 114 cm³/mol. The van der Waals surface area contributed by atoms with E-state index in [9.17, 15) is 0 Å². The Bertz CT molecular complexity index is 934. The number of hydrogen-bond acceptors (Lipinski definition) is 3. The molecular formula is C20H20ClN5S. The summed E-state index contributed by atoms with van der Waals surface area (Å²) in [5.74, 6) is 2.04. The molecule has 0 bridgehead atoms. The number of nitrogens with zero attached hydrogens (tertiary/aromatic N) is 3. The number of thiocarbonyl (C=S) groups is 1. The predicted octanol–water partition coefficient (Wildman–Crippen LogP) is 5.13. The molecule has 0 atom stereocenters. The van der Waals surface area contributed by atoms with Crippen molar-refractivity contribution in [1.29, 1.82) is 0 Å². The molecule has 0 spiro atoms. The van der Waals surface area contributed by atoms with E-state index in [1.807, 2.05) is 36.4 Å². The van der Waals surface area contributed by atoms with E-state index in [0.29, 0.717) is 10.1 Å². The Morgan fingerprint density at radius 3 is 2.26 bits per heavy atom. The van der Waals surface area contributed by atoms with Gasteiger partial charge in [-0.2, -0.15) is 0 Å². The van der Waals surface area contributed by atoms with Crippen LogP contribution >= 0.6 is 23.8 Å². The van der Waals surface area contributed by atoms with Gasteiger partial charge in [-0.3, -0.25) is 0 Å². The fourth-order valence-electron chi connectivity index (χ4n) is 3.23. The Morgan fingerprint density at radius 2 is 1.56 bits per heavy atom. The van der Waals surface area contributed by atoms with Gasteiger partial charge in [-0.05, 0) is 73.6 Å². The van der Waals surface area contributed by atoms with E-state index in [-0.39, 0.29) is 0 Å². The molecule has 27 heavy (non-hydrogen) atoms. The summed E-state index contributed by atoms with van der Waals surface area (Å²) in [5, 5.41) is 16.3. The summed E-state index contributed by atoms with van der Waals surface area (Å²) in [6.45, 7) is 0.993. The minimum Gasteiger partial charge on any atom is -0.332 e. The van der Waals surface area contributed by atoms with E-state index >= 15 is 0 Å². The molecule has 0 saturated heterocycles. The maximum atomic E-state index is 5.90. The molecule has 0 fully saturated rings. The van der Waals surface area contributed by atoms with Crippen molar-refractivity contribution in [2.75, 3.05) is 10.6 Å². The van der Waals surface area contributed by atoms with Crippen LogP contribution in [0.15, 0.2) is 48.5 Å². The van der Waals surface area contributed by atoms with Crippen molar-refractivity contribution in [3.63, 3.8) is 0 Å². The van der Waals surface area contributed by atoms with E-state index in [1.165, 1.54) is 19.3 Å². The first kappa shape index (κ1) is 17.9. The number of anilines is 2. The number of benzene rings is 2. The summed E-state index contributed by atoms with van der Waals surface area (Å²) < 4.78 is 2.25. The first-order chi connectivity index (χ1) is 13.2. The van der Waals surface area contributed by atoms with Crippen LogP contribution < -0.4 is 10.6 Å². The standard InChI is InChI=1S/C20H20ClN5S/c21-15-7-11-17(12-8-15)23-20(27)22-16-9-5-14(6-10-16)19-25-24-18-4-2-1-3-13-26(18)19/h5-12H,1-4,13H2,(H2,22,23,27). The molecule has 2 heterocycles. The summed E-state index contributed by atoms with van der Waals surface area (Å²) in [6, 6.07) is 15.5. The highest BCUT2D eigenvalue weighted by atomic mass is 35.5. The average molecular weight is 398 g/mol. The fourth-order valence-corrected chi connectivity index (χ4v) is 3.59. The van der Waals surface area contributed by atoms with Gasteiger partial charge in [0.25, 0.3) is 0 Å². The third-order valence-corrected chi connectivity index (χ3v) is 5.07. The van der Waals surface area contributed by atoms with E-state index < -0.39 is 0 Å². The number of hydrogen-bond donors (Lipinski definition) is 2. The summed E-state index contributed by atoms with van der Waals surface area (Å²) in [5.41, 5.74) is 2.87. The minimum absolute atomic E-state index is 0.529. The number of aryl methyl sites for hydroxylation is 1. The van der Waals surface area contributed by atoms with Crippen LogP contribution in [-0.4, -0.2) is 19.9 Å². The number of fused-ring (bicyclic) bond motifs is 1. The SMILES string of the molecule is S=C(Nc1ccc(Cl)cc1)Nc1ccc(-c2nnc3n2CCCCC3)cc1. The maximum Gasteiger partial charge on any atom is 0.175 e. The van der Waals surface area contributed by atoms with E-state index in [0.717, 1.165) is 41.6 Å². The Labute approximate surface area is 168 Å². The Kier molecular flexibility index (Phi) is 5.36. The first-order valence-corrected chi connectivity index (χ1v) is 9.84.